The first-order chi connectivity index (χ1) is 13.2. The van der Waals surface area contributed by atoms with Crippen molar-refractivity contribution in [1.29, 1.82) is 0 Å². The zero-order chi connectivity index (χ0) is 20.4. The molecule has 0 aliphatic carbocycles. The number of Topliss-reactive ketones (excluding diaryl/α,β-unsaturated/α-hetero) is 1. The number of sulfonamides is 1. The predicted molar refractivity (Wildman–Crippen MR) is 100 cm³/mol. The van der Waals surface area contributed by atoms with Gasteiger partial charge in [-0.05, 0) is 43.3 Å². The zero-order valence-electron chi connectivity index (χ0n) is 15.1. The van der Waals surface area contributed by atoms with Crippen LogP contribution in [0.2, 0.25) is 0 Å². The normalized spacial score (nSPS) is 15.9. The minimum atomic E-state index is -4.18. The van der Waals surface area contributed by atoms with Gasteiger partial charge in [0.1, 0.15) is 10.6 Å². The minimum absolute atomic E-state index is 0.00212. The molecule has 0 N–H and O–H groups in total. The van der Waals surface area contributed by atoms with Crippen molar-refractivity contribution in [2.75, 3.05) is 26.3 Å². The van der Waals surface area contributed by atoms with Crippen LogP contribution < -0.4 is 4.18 Å². The van der Waals surface area contributed by atoms with Crippen molar-refractivity contribution < 1.29 is 30.6 Å². The molecule has 0 bridgehead atoms. The van der Waals surface area contributed by atoms with E-state index in [1.807, 2.05) is 0 Å². The number of rotatable bonds is 6. The fourth-order valence-electron chi connectivity index (χ4n) is 2.66. The lowest BCUT2D eigenvalue weighted by molar-refractivity contribution is 0.0730. The standard InChI is InChI=1S/C18H19NO7S2/c1-14(20)15-3-2-4-16(13-15)26-28(23,24)18-7-5-17(6-8-18)27(21,22)19-9-11-25-12-10-19/h2-8,13H,9-12H2,1H3. The van der Waals surface area contributed by atoms with E-state index < -0.39 is 20.1 Å². The van der Waals surface area contributed by atoms with Crippen molar-refractivity contribution in [1.82, 2.24) is 4.31 Å². The van der Waals surface area contributed by atoms with Crippen LogP contribution in [0.5, 0.6) is 5.75 Å². The topological polar surface area (TPSA) is 107 Å². The SMILES string of the molecule is CC(=O)c1cccc(OS(=O)(=O)c2ccc(S(=O)(=O)N3CCOCC3)cc2)c1. The Morgan fingerprint density at radius 1 is 0.964 bits per heavy atom. The third-order valence-corrected chi connectivity index (χ3v) is 7.34. The van der Waals surface area contributed by atoms with Gasteiger partial charge >= 0.3 is 10.1 Å². The van der Waals surface area contributed by atoms with Crippen molar-refractivity contribution in [2.45, 2.75) is 16.7 Å². The summed E-state index contributed by atoms with van der Waals surface area (Å²) in [4.78, 5) is 11.2. The highest BCUT2D eigenvalue weighted by Gasteiger charge is 2.27. The third-order valence-electron chi connectivity index (χ3n) is 4.17. The second-order valence-electron chi connectivity index (χ2n) is 6.11. The molecular formula is C18H19NO7S2. The molecule has 0 saturated carbocycles. The molecule has 0 aromatic heterocycles. The summed E-state index contributed by atoms with van der Waals surface area (Å²) in [5, 5.41) is 0. The fourth-order valence-corrected chi connectivity index (χ4v) is 4.99. The molecule has 1 heterocycles. The van der Waals surface area contributed by atoms with E-state index in [9.17, 15) is 21.6 Å². The number of hydrogen-bond acceptors (Lipinski definition) is 7. The van der Waals surface area contributed by atoms with E-state index in [1.54, 1.807) is 6.07 Å². The number of benzene rings is 2. The monoisotopic (exact) mass is 425 g/mol. The molecule has 2 aromatic carbocycles. The van der Waals surface area contributed by atoms with Crippen LogP contribution in [0.15, 0.2) is 58.3 Å². The average molecular weight is 425 g/mol. The maximum atomic E-state index is 12.6. The summed E-state index contributed by atoms with van der Waals surface area (Å²) in [6, 6.07) is 10.6. The first-order valence-corrected chi connectivity index (χ1v) is 11.3. The van der Waals surface area contributed by atoms with Crippen LogP contribution in [-0.2, 0) is 24.9 Å². The lowest BCUT2D eigenvalue weighted by Crippen LogP contribution is -2.40. The summed E-state index contributed by atoms with van der Waals surface area (Å²) in [6.07, 6.45) is 0. The Labute approximate surface area is 163 Å². The summed E-state index contributed by atoms with van der Waals surface area (Å²) in [6.45, 7) is 2.49. The van der Waals surface area contributed by atoms with Crippen molar-refractivity contribution in [3.8, 4) is 5.75 Å². The molecule has 1 aliphatic rings. The Bertz CT molecular complexity index is 1070. The molecule has 28 heavy (non-hydrogen) atoms. The number of morpholine rings is 1. The predicted octanol–water partition coefficient (Wildman–Crippen LogP) is 1.68. The Hall–Kier alpha value is -2.27. The average Bonchev–Trinajstić information content (AvgIpc) is 2.68. The van der Waals surface area contributed by atoms with Crippen molar-refractivity contribution in [2.24, 2.45) is 0 Å². The first kappa shape index (κ1) is 20.5. The maximum absolute atomic E-state index is 12.6. The molecule has 0 amide bonds. The highest BCUT2D eigenvalue weighted by atomic mass is 32.2. The molecule has 2 aromatic rings. The first-order valence-electron chi connectivity index (χ1n) is 8.43. The van der Waals surface area contributed by atoms with Crippen LogP contribution in [0.1, 0.15) is 17.3 Å². The van der Waals surface area contributed by atoms with Crippen LogP contribution in [0.25, 0.3) is 0 Å². The van der Waals surface area contributed by atoms with Crippen LogP contribution in [-0.4, -0.2) is 53.2 Å². The van der Waals surface area contributed by atoms with Gasteiger partial charge in [-0.25, -0.2) is 8.42 Å². The van der Waals surface area contributed by atoms with Gasteiger partial charge in [0.15, 0.2) is 5.78 Å². The van der Waals surface area contributed by atoms with E-state index in [4.69, 9.17) is 8.92 Å². The summed E-state index contributed by atoms with van der Waals surface area (Å²) in [7, 11) is -7.90. The maximum Gasteiger partial charge on any atom is 0.339 e. The zero-order valence-corrected chi connectivity index (χ0v) is 16.7. The number of carbonyl (C=O) groups excluding carboxylic acids is 1. The number of hydrogen-bond donors (Lipinski definition) is 0. The largest absolute Gasteiger partial charge is 0.379 e. The number of nitrogens with zero attached hydrogens (tertiary/aromatic N) is 1. The molecule has 0 radical (unpaired) electrons. The molecule has 0 atom stereocenters. The van der Waals surface area contributed by atoms with Gasteiger partial charge in [-0.15, -0.1) is 0 Å². The van der Waals surface area contributed by atoms with Gasteiger partial charge in [0, 0.05) is 18.7 Å². The van der Waals surface area contributed by atoms with E-state index in [1.165, 1.54) is 53.7 Å². The lowest BCUT2D eigenvalue weighted by atomic mass is 10.1. The second-order valence-corrected chi connectivity index (χ2v) is 9.59. The van der Waals surface area contributed by atoms with Gasteiger partial charge in [0.2, 0.25) is 10.0 Å². The number of carbonyl (C=O) groups is 1. The van der Waals surface area contributed by atoms with Crippen LogP contribution in [0, 0.1) is 0 Å². The highest BCUT2D eigenvalue weighted by molar-refractivity contribution is 7.89. The molecule has 1 fully saturated rings. The summed E-state index contributed by atoms with van der Waals surface area (Å²) in [5.41, 5.74) is 0.319. The van der Waals surface area contributed by atoms with Gasteiger partial charge in [0.05, 0.1) is 18.1 Å². The molecule has 1 saturated heterocycles. The van der Waals surface area contributed by atoms with Crippen molar-refractivity contribution in [3.05, 3.63) is 54.1 Å². The van der Waals surface area contributed by atoms with E-state index in [2.05, 4.69) is 0 Å². The molecule has 1 aliphatic heterocycles. The smallest absolute Gasteiger partial charge is 0.339 e. The Morgan fingerprint density at radius 3 is 2.18 bits per heavy atom. The molecule has 8 nitrogen and oxygen atoms in total. The van der Waals surface area contributed by atoms with Crippen LogP contribution in [0.3, 0.4) is 0 Å². The molecule has 150 valence electrons. The molecule has 10 heteroatoms. The van der Waals surface area contributed by atoms with Crippen LogP contribution in [0.4, 0.5) is 0 Å². The minimum Gasteiger partial charge on any atom is -0.379 e. The summed E-state index contributed by atoms with van der Waals surface area (Å²) in [5.74, 6) is -0.224. The quantitative estimate of drug-likeness (QED) is 0.512. The van der Waals surface area contributed by atoms with Crippen LogP contribution >= 0.6 is 0 Å². The van der Waals surface area contributed by atoms with Gasteiger partial charge in [-0.3, -0.25) is 4.79 Å². The Balaban J connectivity index is 1.82. The van der Waals surface area contributed by atoms with E-state index in [0.717, 1.165) is 0 Å². The van der Waals surface area contributed by atoms with E-state index in [0.29, 0.717) is 18.8 Å². The molecular weight excluding hydrogens is 406 g/mol. The Morgan fingerprint density at radius 2 is 1.57 bits per heavy atom. The van der Waals surface area contributed by atoms with Gasteiger partial charge in [-0.1, -0.05) is 12.1 Å². The van der Waals surface area contributed by atoms with Gasteiger partial charge < -0.3 is 8.92 Å². The van der Waals surface area contributed by atoms with Gasteiger partial charge in [-0.2, -0.15) is 12.7 Å². The van der Waals surface area contributed by atoms with Crippen molar-refractivity contribution in [3.63, 3.8) is 0 Å². The van der Waals surface area contributed by atoms with Gasteiger partial charge in [0.25, 0.3) is 0 Å². The lowest BCUT2D eigenvalue weighted by Gasteiger charge is -2.26. The third kappa shape index (κ3) is 4.41. The fraction of sp³-hybridized carbons (Fsp3) is 0.278. The summed E-state index contributed by atoms with van der Waals surface area (Å²) < 4.78 is 61.6. The van der Waals surface area contributed by atoms with Crippen molar-refractivity contribution >= 4 is 25.9 Å². The molecule has 0 unspecified atom stereocenters. The second kappa shape index (κ2) is 8.00. The Kier molecular flexibility index (Phi) is 5.84. The molecule has 3 rings (SSSR count). The number of ketones is 1. The van der Waals surface area contributed by atoms with E-state index in [-0.39, 0.29) is 34.4 Å². The highest BCUT2D eigenvalue weighted by Crippen LogP contribution is 2.23. The summed E-state index contributed by atoms with van der Waals surface area (Å²) >= 11 is 0. The molecule has 0 spiro atoms. The number of ether oxygens (including phenoxy) is 1. The van der Waals surface area contributed by atoms with E-state index >= 15 is 0 Å².